The molecule has 1 aliphatic rings. The lowest BCUT2D eigenvalue weighted by molar-refractivity contribution is 0.500. The molecule has 0 N–H and O–H groups in total. The summed E-state index contributed by atoms with van der Waals surface area (Å²) in [6, 6.07) is 4.32. The van der Waals surface area contributed by atoms with Crippen LogP contribution in [0.25, 0.3) is 0 Å². The summed E-state index contributed by atoms with van der Waals surface area (Å²) in [7, 11) is 0. The van der Waals surface area contributed by atoms with Gasteiger partial charge in [-0.25, -0.2) is 0 Å². The van der Waals surface area contributed by atoms with Crippen molar-refractivity contribution in [1.29, 1.82) is 0 Å². The van der Waals surface area contributed by atoms with E-state index in [9.17, 15) is 0 Å². The van der Waals surface area contributed by atoms with E-state index in [2.05, 4.69) is 35.0 Å². The molecule has 1 aromatic rings. The number of thiophene rings is 1. The van der Waals surface area contributed by atoms with Gasteiger partial charge < -0.3 is 0 Å². The third kappa shape index (κ3) is 2.11. The molecule has 13 heavy (non-hydrogen) atoms. The Morgan fingerprint density at radius 3 is 2.69 bits per heavy atom. The van der Waals surface area contributed by atoms with Gasteiger partial charge in [0.25, 0.3) is 0 Å². The second kappa shape index (κ2) is 3.56. The van der Waals surface area contributed by atoms with E-state index in [4.69, 9.17) is 11.6 Å². The first kappa shape index (κ1) is 10.0. The Morgan fingerprint density at radius 1 is 1.62 bits per heavy atom. The van der Waals surface area contributed by atoms with Gasteiger partial charge in [-0.3, -0.25) is 0 Å². The third-order valence-corrected chi connectivity index (χ3v) is 4.98. The van der Waals surface area contributed by atoms with Gasteiger partial charge in [0.1, 0.15) is 0 Å². The number of hydrogen-bond acceptors (Lipinski definition) is 1. The first-order valence-electron chi connectivity index (χ1n) is 4.51. The van der Waals surface area contributed by atoms with Crippen molar-refractivity contribution in [3.8, 4) is 0 Å². The Hall–Kier alpha value is 0.470. The summed E-state index contributed by atoms with van der Waals surface area (Å²) in [6.45, 7) is 2.12. The van der Waals surface area contributed by atoms with E-state index in [1.54, 1.807) is 0 Å². The van der Waals surface area contributed by atoms with E-state index in [-0.39, 0.29) is 0 Å². The molecule has 2 rings (SSSR count). The minimum atomic E-state index is 0.313. The standard InChI is InChI=1S/C10H12BrClS/c1-7(12)10(4-5-10)6-8-2-3-9(11)13-8/h2-3,7H,4-6H2,1H3. The molecule has 1 aliphatic carbocycles. The molecule has 1 aromatic heterocycles. The molecule has 0 aliphatic heterocycles. The van der Waals surface area contributed by atoms with Gasteiger partial charge in [-0.15, -0.1) is 22.9 Å². The largest absolute Gasteiger partial charge is 0.133 e. The normalized spacial score (nSPS) is 21.5. The highest BCUT2D eigenvalue weighted by atomic mass is 79.9. The van der Waals surface area contributed by atoms with Crippen LogP contribution in [-0.4, -0.2) is 5.38 Å². The van der Waals surface area contributed by atoms with Gasteiger partial charge in [-0.2, -0.15) is 0 Å². The van der Waals surface area contributed by atoms with Gasteiger partial charge in [-0.05, 0) is 59.7 Å². The van der Waals surface area contributed by atoms with Crippen molar-refractivity contribution in [3.63, 3.8) is 0 Å². The highest BCUT2D eigenvalue weighted by Crippen LogP contribution is 2.53. The van der Waals surface area contributed by atoms with E-state index in [1.165, 1.54) is 21.5 Å². The molecule has 1 fully saturated rings. The van der Waals surface area contributed by atoms with Crippen molar-refractivity contribution in [3.05, 3.63) is 20.8 Å². The van der Waals surface area contributed by atoms with Crippen LogP contribution >= 0.6 is 38.9 Å². The molecule has 0 nitrogen and oxygen atoms in total. The summed E-state index contributed by atoms with van der Waals surface area (Å²) in [5, 5.41) is 0.313. The number of alkyl halides is 1. The van der Waals surface area contributed by atoms with Crippen LogP contribution in [0.3, 0.4) is 0 Å². The fraction of sp³-hybridized carbons (Fsp3) is 0.600. The Bertz CT molecular complexity index is 302. The lowest BCUT2D eigenvalue weighted by Crippen LogP contribution is -2.14. The molecule has 0 bridgehead atoms. The topological polar surface area (TPSA) is 0 Å². The average molecular weight is 280 g/mol. The van der Waals surface area contributed by atoms with Gasteiger partial charge >= 0.3 is 0 Å². The molecule has 1 unspecified atom stereocenters. The van der Waals surface area contributed by atoms with Crippen molar-refractivity contribution in [2.45, 2.75) is 31.6 Å². The van der Waals surface area contributed by atoms with E-state index in [0.29, 0.717) is 10.8 Å². The lowest BCUT2D eigenvalue weighted by atomic mass is 9.98. The van der Waals surface area contributed by atoms with Gasteiger partial charge in [-0.1, -0.05) is 0 Å². The molecule has 0 aromatic carbocycles. The second-order valence-corrected chi connectivity index (χ2v) is 7.06. The predicted molar refractivity (Wildman–Crippen MR) is 62.7 cm³/mol. The van der Waals surface area contributed by atoms with Gasteiger partial charge in [0.15, 0.2) is 0 Å². The molecule has 0 radical (unpaired) electrons. The minimum Gasteiger partial charge on any atom is -0.133 e. The van der Waals surface area contributed by atoms with E-state index in [1.807, 2.05) is 11.3 Å². The number of rotatable bonds is 3. The van der Waals surface area contributed by atoms with Crippen LogP contribution in [0.1, 0.15) is 24.6 Å². The number of hydrogen-bond donors (Lipinski definition) is 0. The van der Waals surface area contributed by atoms with Crippen LogP contribution in [0.2, 0.25) is 0 Å². The first-order chi connectivity index (χ1) is 6.12. The average Bonchev–Trinajstić information content (AvgIpc) is 2.72. The predicted octanol–water partition coefficient (Wildman–Crippen LogP) is 4.46. The van der Waals surface area contributed by atoms with Gasteiger partial charge in [0.2, 0.25) is 0 Å². The van der Waals surface area contributed by atoms with Crippen LogP contribution in [-0.2, 0) is 6.42 Å². The van der Waals surface area contributed by atoms with E-state index >= 15 is 0 Å². The molecular weight excluding hydrogens is 268 g/mol. The fourth-order valence-corrected chi connectivity index (χ4v) is 3.60. The molecular formula is C10H12BrClS. The zero-order valence-electron chi connectivity index (χ0n) is 7.52. The molecule has 0 spiro atoms. The van der Waals surface area contributed by atoms with Crippen LogP contribution < -0.4 is 0 Å². The van der Waals surface area contributed by atoms with Gasteiger partial charge in [0, 0.05) is 10.3 Å². The highest BCUT2D eigenvalue weighted by Gasteiger charge is 2.46. The molecule has 0 amide bonds. The van der Waals surface area contributed by atoms with Crippen molar-refractivity contribution in [2.24, 2.45) is 5.41 Å². The van der Waals surface area contributed by atoms with Crippen LogP contribution in [0, 0.1) is 5.41 Å². The van der Waals surface area contributed by atoms with Crippen LogP contribution in [0.5, 0.6) is 0 Å². The number of halogens is 2. The zero-order valence-corrected chi connectivity index (χ0v) is 10.7. The van der Waals surface area contributed by atoms with Gasteiger partial charge in [0.05, 0.1) is 3.79 Å². The summed E-state index contributed by atoms with van der Waals surface area (Å²) < 4.78 is 1.22. The fourth-order valence-electron chi connectivity index (χ4n) is 1.67. The maximum absolute atomic E-state index is 6.18. The minimum absolute atomic E-state index is 0.313. The monoisotopic (exact) mass is 278 g/mol. The quantitative estimate of drug-likeness (QED) is 0.717. The Labute approximate surface area is 96.4 Å². The maximum atomic E-state index is 6.18. The first-order valence-corrected chi connectivity index (χ1v) is 6.55. The zero-order chi connectivity index (χ0) is 9.47. The van der Waals surface area contributed by atoms with Crippen molar-refractivity contribution in [2.75, 3.05) is 0 Å². The summed E-state index contributed by atoms with van der Waals surface area (Å²) >= 11 is 11.5. The molecule has 0 saturated heterocycles. The molecule has 1 heterocycles. The second-order valence-electron chi connectivity index (χ2n) is 3.86. The maximum Gasteiger partial charge on any atom is 0.0701 e. The molecule has 1 saturated carbocycles. The van der Waals surface area contributed by atoms with Crippen molar-refractivity contribution >= 4 is 38.9 Å². The highest BCUT2D eigenvalue weighted by molar-refractivity contribution is 9.11. The van der Waals surface area contributed by atoms with E-state index in [0.717, 1.165) is 6.42 Å². The summed E-state index contributed by atoms with van der Waals surface area (Å²) in [4.78, 5) is 1.46. The molecule has 1 atom stereocenters. The lowest BCUT2D eigenvalue weighted by Gasteiger charge is -2.16. The Kier molecular flexibility index (Phi) is 2.74. The Balaban J connectivity index is 2.06. The van der Waals surface area contributed by atoms with Crippen molar-refractivity contribution in [1.82, 2.24) is 0 Å². The third-order valence-electron chi connectivity index (χ3n) is 2.89. The summed E-state index contributed by atoms with van der Waals surface area (Å²) in [5.74, 6) is 0. The van der Waals surface area contributed by atoms with Crippen LogP contribution in [0.15, 0.2) is 15.9 Å². The summed E-state index contributed by atoms with van der Waals surface area (Å²) in [6.07, 6.45) is 3.76. The van der Waals surface area contributed by atoms with Crippen molar-refractivity contribution < 1.29 is 0 Å². The summed E-state index contributed by atoms with van der Waals surface area (Å²) in [5.41, 5.74) is 0.422. The Morgan fingerprint density at radius 2 is 2.31 bits per heavy atom. The smallest absolute Gasteiger partial charge is 0.0701 e. The SMILES string of the molecule is CC(Cl)C1(Cc2ccc(Br)s2)CC1. The molecule has 3 heteroatoms. The van der Waals surface area contributed by atoms with E-state index < -0.39 is 0 Å². The molecule has 72 valence electrons. The van der Waals surface area contributed by atoms with Crippen LogP contribution in [0.4, 0.5) is 0 Å².